The minimum atomic E-state index is -0.962. The third-order valence-corrected chi connectivity index (χ3v) is 2.30. The lowest BCUT2D eigenvalue weighted by atomic mass is 10.2. The lowest BCUT2D eigenvalue weighted by molar-refractivity contribution is -0.142. The molecule has 1 rings (SSSR count). The van der Waals surface area contributed by atoms with Crippen molar-refractivity contribution in [1.29, 1.82) is 0 Å². The van der Waals surface area contributed by atoms with Crippen molar-refractivity contribution in [3.8, 4) is 0 Å². The Labute approximate surface area is 101 Å². The van der Waals surface area contributed by atoms with Gasteiger partial charge in [-0.25, -0.2) is 4.79 Å². The Balaban J connectivity index is 2.31. The summed E-state index contributed by atoms with van der Waals surface area (Å²) in [5.74, 6) is 0.508. The molecule has 1 unspecified atom stereocenters. The van der Waals surface area contributed by atoms with Gasteiger partial charge in [-0.1, -0.05) is 0 Å². The standard InChI is InChI=1S/C12H18O5/c1-3-10-11(4-2)17-9(7-16-10)5-6-15-8-12(13)14/h3-4,9H,5-8H2,1-2H3,(H,13,14)/b10-3+,11-4+. The summed E-state index contributed by atoms with van der Waals surface area (Å²) in [6.07, 6.45) is 4.23. The van der Waals surface area contributed by atoms with Gasteiger partial charge in [0.15, 0.2) is 11.5 Å². The van der Waals surface area contributed by atoms with E-state index in [1.807, 2.05) is 26.0 Å². The number of allylic oxidation sites excluding steroid dienone is 2. The van der Waals surface area contributed by atoms with Crippen LogP contribution in [0, 0.1) is 0 Å². The van der Waals surface area contributed by atoms with E-state index in [0.29, 0.717) is 19.6 Å². The molecule has 1 atom stereocenters. The molecule has 1 saturated heterocycles. The maximum absolute atomic E-state index is 10.2. The van der Waals surface area contributed by atoms with Gasteiger partial charge in [0.2, 0.25) is 0 Å². The van der Waals surface area contributed by atoms with Gasteiger partial charge in [-0.15, -0.1) is 0 Å². The van der Waals surface area contributed by atoms with Crippen LogP contribution >= 0.6 is 0 Å². The summed E-state index contributed by atoms with van der Waals surface area (Å²) in [5.41, 5.74) is 0. The molecule has 17 heavy (non-hydrogen) atoms. The Morgan fingerprint density at radius 3 is 2.76 bits per heavy atom. The third-order valence-electron chi connectivity index (χ3n) is 2.30. The van der Waals surface area contributed by atoms with Crippen LogP contribution in [-0.2, 0) is 19.0 Å². The van der Waals surface area contributed by atoms with E-state index in [-0.39, 0.29) is 12.7 Å². The van der Waals surface area contributed by atoms with Crippen molar-refractivity contribution >= 4 is 5.97 Å². The fourth-order valence-electron chi connectivity index (χ4n) is 1.48. The number of carboxylic acids is 1. The van der Waals surface area contributed by atoms with Crippen LogP contribution in [0.5, 0.6) is 0 Å². The Morgan fingerprint density at radius 1 is 1.47 bits per heavy atom. The summed E-state index contributed by atoms with van der Waals surface area (Å²) in [6, 6.07) is 0. The molecule has 1 aliphatic rings. The maximum atomic E-state index is 10.2. The quantitative estimate of drug-likeness (QED) is 0.743. The summed E-state index contributed by atoms with van der Waals surface area (Å²) in [5, 5.41) is 8.40. The number of aliphatic carboxylic acids is 1. The molecule has 1 fully saturated rings. The predicted octanol–water partition coefficient (Wildman–Crippen LogP) is 1.70. The van der Waals surface area contributed by atoms with Crippen molar-refractivity contribution in [2.75, 3.05) is 19.8 Å². The summed E-state index contributed by atoms with van der Waals surface area (Å²) >= 11 is 0. The molecule has 0 aromatic heterocycles. The zero-order valence-electron chi connectivity index (χ0n) is 10.1. The number of hydrogen-bond acceptors (Lipinski definition) is 4. The largest absolute Gasteiger partial charge is 0.486 e. The summed E-state index contributed by atoms with van der Waals surface area (Å²) in [4.78, 5) is 10.2. The highest BCUT2D eigenvalue weighted by atomic mass is 16.6. The van der Waals surface area contributed by atoms with Gasteiger partial charge in [0.1, 0.15) is 19.3 Å². The van der Waals surface area contributed by atoms with Gasteiger partial charge < -0.3 is 19.3 Å². The SMILES string of the molecule is C/C=C1/OCC(CCOCC(=O)O)O/C1=C/C. The molecule has 0 radical (unpaired) electrons. The van der Waals surface area contributed by atoms with Crippen LogP contribution in [-0.4, -0.2) is 37.0 Å². The molecule has 0 aromatic rings. The van der Waals surface area contributed by atoms with Gasteiger partial charge in [-0.05, 0) is 26.0 Å². The van der Waals surface area contributed by atoms with E-state index in [2.05, 4.69) is 0 Å². The van der Waals surface area contributed by atoms with E-state index in [1.54, 1.807) is 0 Å². The Kier molecular flexibility index (Phi) is 5.56. The topological polar surface area (TPSA) is 65.0 Å². The van der Waals surface area contributed by atoms with Crippen molar-refractivity contribution in [3.63, 3.8) is 0 Å². The first-order valence-electron chi connectivity index (χ1n) is 5.59. The smallest absolute Gasteiger partial charge is 0.329 e. The van der Waals surface area contributed by atoms with E-state index in [1.165, 1.54) is 0 Å². The third kappa shape index (κ3) is 4.48. The highest BCUT2D eigenvalue weighted by molar-refractivity contribution is 5.67. The molecule has 5 heteroatoms. The number of ether oxygens (including phenoxy) is 3. The van der Waals surface area contributed by atoms with Crippen molar-refractivity contribution in [1.82, 2.24) is 0 Å². The number of carbonyl (C=O) groups is 1. The molecule has 5 nitrogen and oxygen atoms in total. The fourth-order valence-corrected chi connectivity index (χ4v) is 1.48. The molecule has 0 aliphatic carbocycles. The molecular weight excluding hydrogens is 224 g/mol. The van der Waals surface area contributed by atoms with E-state index in [4.69, 9.17) is 19.3 Å². The Bertz CT molecular complexity index is 319. The second-order valence-electron chi connectivity index (χ2n) is 3.59. The predicted molar refractivity (Wildman–Crippen MR) is 61.4 cm³/mol. The van der Waals surface area contributed by atoms with Crippen LogP contribution in [0.4, 0.5) is 0 Å². The van der Waals surface area contributed by atoms with Gasteiger partial charge in [-0.3, -0.25) is 0 Å². The van der Waals surface area contributed by atoms with Gasteiger partial charge in [-0.2, -0.15) is 0 Å². The van der Waals surface area contributed by atoms with E-state index in [9.17, 15) is 4.79 Å². The summed E-state index contributed by atoms with van der Waals surface area (Å²) in [7, 11) is 0. The molecule has 0 saturated carbocycles. The van der Waals surface area contributed by atoms with Crippen molar-refractivity contribution in [2.45, 2.75) is 26.4 Å². The Hall–Kier alpha value is -1.49. The molecule has 0 bridgehead atoms. The van der Waals surface area contributed by atoms with E-state index in [0.717, 1.165) is 11.5 Å². The first-order chi connectivity index (χ1) is 8.17. The van der Waals surface area contributed by atoms with Crippen LogP contribution in [0.15, 0.2) is 23.7 Å². The van der Waals surface area contributed by atoms with Gasteiger partial charge in [0, 0.05) is 6.42 Å². The van der Waals surface area contributed by atoms with Crippen LogP contribution < -0.4 is 0 Å². The number of carboxylic acid groups (broad SMARTS) is 1. The lowest BCUT2D eigenvalue weighted by Gasteiger charge is -2.28. The Morgan fingerprint density at radius 2 is 2.18 bits per heavy atom. The minimum absolute atomic E-state index is 0.0845. The van der Waals surface area contributed by atoms with Crippen LogP contribution in [0.25, 0.3) is 0 Å². The first-order valence-corrected chi connectivity index (χ1v) is 5.59. The summed E-state index contributed by atoms with van der Waals surface area (Å²) < 4.78 is 16.2. The van der Waals surface area contributed by atoms with Crippen LogP contribution in [0.3, 0.4) is 0 Å². The maximum Gasteiger partial charge on any atom is 0.329 e. The molecule has 0 amide bonds. The van der Waals surface area contributed by atoms with Gasteiger partial charge in [0.05, 0.1) is 6.61 Å². The van der Waals surface area contributed by atoms with Crippen molar-refractivity contribution in [3.05, 3.63) is 23.7 Å². The van der Waals surface area contributed by atoms with Gasteiger partial charge in [0.25, 0.3) is 0 Å². The fraction of sp³-hybridized carbons (Fsp3) is 0.583. The second-order valence-corrected chi connectivity index (χ2v) is 3.59. The number of hydrogen-bond donors (Lipinski definition) is 1. The molecule has 1 aliphatic heterocycles. The average molecular weight is 242 g/mol. The monoisotopic (exact) mass is 242 g/mol. The molecule has 0 aromatic carbocycles. The molecule has 96 valence electrons. The number of rotatable bonds is 5. The van der Waals surface area contributed by atoms with Gasteiger partial charge >= 0.3 is 5.97 Å². The molecule has 1 N–H and O–H groups in total. The highest BCUT2D eigenvalue weighted by Gasteiger charge is 2.22. The molecular formula is C12H18O5. The van der Waals surface area contributed by atoms with Crippen LogP contribution in [0.2, 0.25) is 0 Å². The second kappa shape index (κ2) is 6.96. The zero-order chi connectivity index (χ0) is 12.7. The summed E-state index contributed by atoms with van der Waals surface area (Å²) in [6.45, 7) is 4.31. The zero-order valence-corrected chi connectivity index (χ0v) is 10.1. The average Bonchev–Trinajstić information content (AvgIpc) is 2.34. The first kappa shape index (κ1) is 13.6. The van der Waals surface area contributed by atoms with Crippen molar-refractivity contribution in [2.24, 2.45) is 0 Å². The molecule has 1 heterocycles. The lowest BCUT2D eigenvalue weighted by Crippen LogP contribution is -2.27. The van der Waals surface area contributed by atoms with Crippen LogP contribution in [0.1, 0.15) is 20.3 Å². The highest BCUT2D eigenvalue weighted by Crippen LogP contribution is 2.23. The van der Waals surface area contributed by atoms with E-state index >= 15 is 0 Å². The van der Waals surface area contributed by atoms with Crippen molar-refractivity contribution < 1.29 is 24.1 Å². The minimum Gasteiger partial charge on any atom is -0.486 e. The normalized spacial score (nSPS) is 24.5. The molecule has 0 spiro atoms. The van der Waals surface area contributed by atoms with E-state index < -0.39 is 5.97 Å².